The Bertz CT molecular complexity index is 1020. The Morgan fingerprint density at radius 2 is 1.90 bits per heavy atom. The van der Waals surface area contributed by atoms with Gasteiger partial charge in [0.2, 0.25) is 0 Å². The molecule has 4 nitrogen and oxygen atoms in total. The van der Waals surface area contributed by atoms with Gasteiger partial charge in [0, 0.05) is 11.1 Å². The predicted molar refractivity (Wildman–Crippen MR) is 121 cm³/mol. The molecule has 0 bridgehead atoms. The maximum atomic E-state index is 12.6. The van der Waals surface area contributed by atoms with Gasteiger partial charge in [-0.05, 0) is 81.8 Å². The van der Waals surface area contributed by atoms with Crippen LogP contribution in [0.15, 0.2) is 60.2 Å². The van der Waals surface area contributed by atoms with Crippen LogP contribution in [0.2, 0.25) is 0 Å². The third-order valence-corrected chi connectivity index (χ3v) is 4.68. The number of carbonyl (C=O) groups excluding carboxylic acids is 1. The van der Waals surface area contributed by atoms with Crippen LogP contribution >= 0.6 is 0 Å². The third-order valence-electron chi connectivity index (χ3n) is 4.68. The maximum absolute atomic E-state index is 12.6. The van der Waals surface area contributed by atoms with Crippen LogP contribution in [0, 0.1) is 0 Å². The lowest BCUT2D eigenvalue weighted by molar-refractivity contribution is 0.104. The van der Waals surface area contributed by atoms with Gasteiger partial charge in [-0.25, -0.2) is 0 Å². The van der Waals surface area contributed by atoms with Crippen molar-refractivity contribution in [1.29, 1.82) is 0 Å². The van der Waals surface area contributed by atoms with Crippen molar-refractivity contribution in [2.24, 2.45) is 0 Å². The Morgan fingerprint density at radius 1 is 1.10 bits per heavy atom. The van der Waals surface area contributed by atoms with Gasteiger partial charge in [0.15, 0.2) is 17.3 Å². The molecule has 0 amide bonds. The van der Waals surface area contributed by atoms with Gasteiger partial charge < -0.3 is 14.2 Å². The van der Waals surface area contributed by atoms with E-state index in [4.69, 9.17) is 14.2 Å². The number of fused-ring (bicyclic) bond motifs is 1. The van der Waals surface area contributed by atoms with E-state index in [1.807, 2.05) is 64.1 Å². The first-order chi connectivity index (χ1) is 14.3. The van der Waals surface area contributed by atoms with Crippen LogP contribution in [0.4, 0.5) is 0 Å². The Labute approximate surface area is 178 Å². The lowest BCUT2D eigenvalue weighted by Crippen LogP contribution is -2.27. The van der Waals surface area contributed by atoms with Crippen LogP contribution < -0.4 is 14.2 Å². The lowest BCUT2D eigenvalue weighted by atomic mass is 10.0. The van der Waals surface area contributed by atoms with Crippen LogP contribution in [0.3, 0.4) is 0 Å². The molecule has 3 rings (SSSR count). The number of benzene rings is 2. The van der Waals surface area contributed by atoms with E-state index in [1.54, 1.807) is 31.4 Å². The topological polar surface area (TPSA) is 44.8 Å². The van der Waals surface area contributed by atoms with Crippen molar-refractivity contribution < 1.29 is 19.0 Å². The molecule has 1 aliphatic heterocycles. The number of ketones is 1. The molecular formula is C26H28O4. The fraction of sp³-hybridized carbons (Fsp3) is 0.269. The highest BCUT2D eigenvalue weighted by Crippen LogP contribution is 2.32. The molecule has 4 heteroatoms. The van der Waals surface area contributed by atoms with Crippen LogP contribution in [-0.4, -0.2) is 25.1 Å². The third kappa shape index (κ3) is 5.41. The van der Waals surface area contributed by atoms with Crippen LogP contribution in [0.1, 0.15) is 49.2 Å². The second kappa shape index (κ2) is 9.04. The number of hydrogen-bond acceptors (Lipinski definition) is 4. The summed E-state index contributed by atoms with van der Waals surface area (Å²) in [5, 5.41) is 0. The predicted octanol–water partition coefficient (Wildman–Crippen LogP) is 6.12. The Morgan fingerprint density at radius 3 is 2.63 bits per heavy atom. The van der Waals surface area contributed by atoms with E-state index in [2.05, 4.69) is 6.08 Å². The van der Waals surface area contributed by atoms with Gasteiger partial charge in [0.25, 0.3) is 0 Å². The molecule has 1 aliphatic rings. The number of hydrogen-bond donors (Lipinski definition) is 0. The Kier molecular flexibility index (Phi) is 6.46. The molecule has 30 heavy (non-hydrogen) atoms. The minimum absolute atomic E-state index is 0.102. The van der Waals surface area contributed by atoms with E-state index in [-0.39, 0.29) is 11.4 Å². The smallest absolute Gasteiger partial charge is 0.185 e. The van der Waals surface area contributed by atoms with Crippen molar-refractivity contribution in [3.8, 4) is 17.2 Å². The number of rotatable bonds is 7. The highest BCUT2D eigenvalue weighted by molar-refractivity contribution is 6.07. The second-order valence-electron chi connectivity index (χ2n) is 7.99. The molecule has 0 spiro atoms. The summed E-state index contributed by atoms with van der Waals surface area (Å²) in [7, 11) is 1.57. The molecule has 0 aromatic heterocycles. The summed E-state index contributed by atoms with van der Waals surface area (Å²) in [4.78, 5) is 12.6. The van der Waals surface area contributed by atoms with Crippen molar-refractivity contribution in [2.45, 2.75) is 33.3 Å². The van der Waals surface area contributed by atoms with Gasteiger partial charge in [-0.2, -0.15) is 0 Å². The molecule has 0 unspecified atom stereocenters. The van der Waals surface area contributed by atoms with Crippen molar-refractivity contribution in [3.63, 3.8) is 0 Å². The summed E-state index contributed by atoms with van der Waals surface area (Å²) in [6, 6.07) is 11.1. The Hall–Kier alpha value is -3.27. The maximum Gasteiger partial charge on any atom is 0.185 e. The van der Waals surface area contributed by atoms with Crippen LogP contribution in [0.25, 0.3) is 12.2 Å². The molecule has 0 radical (unpaired) electrons. The van der Waals surface area contributed by atoms with E-state index >= 15 is 0 Å². The number of ether oxygens (including phenoxy) is 3. The van der Waals surface area contributed by atoms with Gasteiger partial charge in [0.1, 0.15) is 18.0 Å². The van der Waals surface area contributed by atoms with Gasteiger partial charge in [0.05, 0.1) is 7.11 Å². The zero-order chi connectivity index (χ0) is 21.7. The highest BCUT2D eigenvalue weighted by Gasteiger charge is 2.21. The molecule has 0 saturated heterocycles. The monoisotopic (exact) mass is 404 g/mol. The standard InChI is InChI=1S/C26H28O4/c1-18(2)13-15-29-24-11-8-20(17-25(24)28-5)22(27)9-6-19-7-10-23-21(16-19)12-14-26(3,4)30-23/h6-14,16-17H,15H2,1-5H3/b9-6+. The first kappa shape index (κ1) is 21.4. The summed E-state index contributed by atoms with van der Waals surface area (Å²) >= 11 is 0. The van der Waals surface area contributed by atoms with E-state index in [9.17, 15) is 4.79 Å². The van der Waals surface area contributed by atoms with Gasteiger partial charge in [-0.1, -0.05) is 23.8 Å². The van der Waals surface area contributed by atoms with Crippen molar-refractivity contribution in [2.75, 3.05) is 13.7 Å². The lowest BCUT2D eigenvalue weighted by Gasteiger charge is -2.27. The van der Waals surface area contributed by atoms with Crippen molar-refractivity contribution in [3.05, 3.63) is 76.9 Å². The Balaban J connectivity index is 1.73. The van der Waals surface area contributed by atoms with Gasteiger partial charge in [-0.3, -0.25) is 4.79 Å². The molecule has 1 heterocycles. The molecule has 2 aromatic carbocycles. The molecular weight excluding hydrogens is 376 g/mol. The van der Waals surface area contributed by atoms with Crippen molar-refractivity contribution >= 4 is 17.9 Å². The first-order valence-electron chi connectivity index (χ1n) is 9.96. The van der Waals surface area contributed by atoms with Crippen molar-refractivity contribution in [1.82, 2.24) is 0 Å². The minimum atomic E-state index is -0.305. The first-order valence-corrected chi connectivity index (χ1v) is 9.96. The molecule has 0 aliphatic carbocycles. The van der Waals surface area contributed by atoms with E-state index in [0.29, 0.717) is 23.7 Å². The summed E-state index contributed by atoms with van der Waals surface area (Å²) in [6.45, 7) is 8.53. The van der Waals surface area contributed by atoms with Crippen LogP contribution in [-0.2, 0) is 0 Å². The molecule has 156 valence electrons. The molecule has 0 atom stereocenters. The average molecular weight is 405 g/mol. The second-order valence-corrected chi connectivity index (χ2v) is 7.99. The fourth-order valence-electron chi connectivity index (χ4n) is 3.01. The average Bonchev–Trinajstić information content (AvgIpc) is 2.71. The van der Waals surface area contributed by atoms with Gasteiger partial charge >= 0.3 is 0 Å². The normalized spacial score (nSPS) is 14.0. The zero-order valence-electron chi connectivity index (χ0n) is 18.2. The molecule has 0 saturated carbocycles. The van der Waals surface area contributed by atoms with E-state index in [0.717, 1.165) is 16.9 Å². The largest absolute Gasteiger partial charge is 0.493 e. The van der Waals surface area contributed by atoms with E-state index < -0.39 is 0 Å². The quantitative estimate of drug-likeness (QED) is 0.317. The number of methoxy groups -OCH3 is 1. The van der Waals surface area contributed by atoms with E-state index in [1.165, 1.54) is 5.57 Å². The summed E-state index contributed by atoms with van der Waals surface area (Å²) in [5.74, 6) is 1.89. The molecule has 0 N–H and O–H groups in total. The van der Waals surface area contributed by atoms with Gasteiger partial charge in [-0.15, -0.1) is 0 Å². The summed E-state index contributed by atoms with van der Waals surface area (Å²) < 4.78 is 17.1. The SMILES string of the molecule is COc1cc(C(=O)/C=C/c2ccc3c(c2)C=CC(C)(C)O3)ccc1OCC=C(C)C. The molecule has 0 fully saturated rings. The highest BCUT2D eigenvalue weighted by atomic mass is 16.5. The number of carbonyl (C=O) groups is 1. The zero-order valence-corrected chi connectivity index (χ0v) is 18.2. The fourth-order valence-corrected chi connectivity index (χ4v) is 3.01. The van der Waals surface area contributed by atoms with Crippen LogP contribution in [0.5, 0.6) is 17.2 Å². The summed E-state index contributed by atoms with van der Waals surface area (Å²) in [6.07, 6.45) is 9.44. The molecule has 2 aromatic rings. The number of allylic oxidation sites excluding steroid dienone is 2. The minimum Gasteiger partial charge on any atom is -0.493 e. The summed E-state index contributed by atoms with van der Waals surface area (Å²) in [5.41, 5.74) is 3.35.